The molecule has 3 N–H and O–H groups in total. The molecule has 0 bridgehead atoms. The van der Waals surface area contributed by atoms with Gasteiger partial charge in [0.1, 0.15) is 0 Å². The first-order valence-corrected chi connectivity index (χ1v) is 8.35. The monoisotopic (exact) mass is 324 g/mol. The first-order valence-electron chi connectivity index (χ1n) is 6.43. The number of hydrogen-bond donors (Lipinski definition) is 2. The predicted octanol–water partition coefficient (Wildman–Crippen LogP) is 3.47. The number of hydrogen-bond acceptors (Lipinski definition) is 3. The summed E-state index contributed by atoms with van der Waals surface area (Å²) in [7, 11) is -3.72. The second kappa shape index (κ2) is 6.05. The molecule has 0 fully saturated rings. The van der Waals surface area contributed by atoms with Crippen molar-refractivity contribution in [2.24, 2.45) is 5.14 Å². The van der Waals surface area contributed by atoms with Crippen LogP contribution in [0, 0.1) is 6.92 Å². The van der Waals surface area contributed by atoms with Gasteiger partial charge in [0.15, 0.2) is 0 Å². The Balaban J connectivity index is 2.28. The van der Waals surface area contributed by atoms with Gasteiger partial charge in [0.05, 0.1) is 4.90 Å². The van der Waals surface area contributed by atoms with E-state index in [4.69, 9.17) is 16.7 Å². The summed E-state index contributed by atoms with van der Waals surface area (Å²) in [4.78, 5) is 0.130. The molecule has 1 atom stereocenters. The highest BCUT2D eigenvalue weighted by Gasteiger charge is 2.13. The molecule has 0 heterocycles. The van der Waals surface area contributed by atoms with E-state index in [9.17, 15) is 8.42 Å². The van der Waals surface area contributed by atoms with E-state index in [-0.39, 0.29) is 10.9 Å². The fourth-order valence-electron chi connectivity index (χ4n) is 2.11. The van der Waals surface area contributed by atoms with E-state index in [0.717, 1.165) is 5.56 Å². The maximum absolute atomic E-state index is 11.5. The zero-order valence-electron chi connectivity index (χ0n) is 11.8. The van der Waals surface area contributed by atoms with Crippen LogP contribution in [0.2, 0.25) is 5.02 Å². The van der Waals surface area contributed by atoms with Crippen molar-refractivity contribution in [3.8, 4) is 0 Å². The van der Waals surface area contributed by atoms with Crippen LogP contribution in [0.25, 0.3) is 0 Å². The van der Waals surface area contributed by atoms with Gasteiger partial charge in [-0.2, -0.15) is 0 Å². The Morgan fingerprint density at radius 3 is 2.52 bits per heavy atom. The smallest absolute Gasteiger partial charge is 0.238 e. The van der Waals surface area contributed by atoms with Crippen molar-refractivity contribution in [3.05, 3.63) is 58.6 Å². The summed E-state index contributed by atoms with van der Waals surface area (Å²) in [6.07, 6.45) is 0. The molecule has 0 saturated heterocycles. The lowest BCUT2D eigenvalue weighted by Crippen LogP contribution is -2.14. The molecule has 0 spiro atoms. The number of rotatable bonds is 4. The zero-order chi connectivity index (χ0) is 15.6. The number of aryl methyl sites for hydroxylation is 1. The number of sulfonamides is 1. The normalized spacial score (nSPS) is 13.0. The molecule has 1 unspecified atom stereocenters. The molecule has 2 aromatic rings. The van der Waals surface area contributed by atoms with Gasteiger partial charge in [-0.15, -0.1) is 0 Å². The van der Waals surface area contributed by atoms with Gasteiger partial charge in [-0.05, 0) is 49.2 Å². The summed E-state index contributed by atoms with van der Waals surface area (Å²) < 4.78 is 23.1. The van der Waals surface area contributed by atoms with Crippen molar-refractivity contribution < 1.29 is 8.42 Å². The van der Waals surface area contributed by atoms with Crippen LogP contribution in [0.1, 0.15) is 24.1 Å². The van der Waals surface area contributed by atoms with Crippen molar-refractivity contribution in [2.45, 2.75) is 24.8 Å². The van der Waals surface area contributed by atoms with Gasteiger partial charge in [-0.1, -0.05) is 29.8 Å². The lowest BCUT2D eigenvalue weighted by Gasteiger charge is -2.17. The first kappa shape index (κ1) is 15.8. The fraction of sp³-hybridized carbons (Fsp3) is 0.200. The Morgan fingerprint density at radius 2 is 1.90 bits per heavy atom. The van der Waals surface area contributed by atoms with Crippen LogP contribution in [-0.2, 0) is 10.0 Å². The minimum atomic E-state index is -3.72. The largest absolute Gasteiger partial charge is 0.378 e. The highest BCUT2D eigenvalue weighted by atomic mass is 35.5. The molecule has 0 aliphatic rings. The SMILES string of the molecule is Cc1ccc(NC(C)c2cccc(Cl)c2)cc1S(N)(=O)=O. The third kappa shape index (κ3) is 3.97. The van der Waals surface area contributed by atoms with E-state index in [1.165, 1.54) is 0 Å². The van der Waals surface area contributed by atoms with E-state index < -0.39 is 10.0 Å². The quantitative estimate of drug-likeness (QED) is 0.904. The topological polar surface area (TPSA) is 72.2 Å². The molecule has 0 amide bonds. The van der Waals surface area contributed by atoms with Crippen molar-refractivity contribution in [1.82, 2.24) is 0 Å². The van der Waals surface area contributed by atoms with Gasteiger partial charge in [0.2, 0.25) is 10.0 Å². The third-order valence-corrected chi connectivity index (χ3v) is 4.51. The van der Waals surface area contributed by atoms with Crippen LogP contribution in [-0.4, -0.2) is 8.42 Å². The van der Waals surface area contributed by atoms with E-state index >= 15 is 0 Å². The standard InChI is InChI=1S/C15H17ClN2O2S/c1-10-6-7-14(9-15(10)21(17,19)20)18-11(2)12-4-3-5-13(16)8-12/h3-9,11,18H,1-2H3,(H2,17,19,20). The first-order chi connectivity index (χ1) is 9.77. The number of benzene rings is 2. The van der Waals surface area contributed by atoms with E-state index in [2.05, 4.69) is 5.32 Å². The summed E-state index contributed by atoms with van der Waals surface area (Å²) in [6.45, 7) is 3.69. The van der Waals surface area contributed by atoms with E-state index in [0.29, 0.717) is 16.3 Å². The Kier molecular flexibility index (Phi) is 4.56. The highest BCUT2D eigenvalue weighted by molar-refractivity contribution is 7.89. The summed E-state index contributed by atoms with van der Waals surface area (Å²) >= 11 is 5.97. The van der Waals surface area contributed by atoms with Crippen LogP contribution < -0.4 is 10.5 Å². The van der Waals surface area contributed by atoms with Crippen molar-refractivity contribution in [1.29, 1.82) is 0 Å². The molecule has 0 aromatic heterocycles. The van der Waals surface area contributed by atoms with Crippen LogP contribution in [0.15, 0.2) is 47.4 Å². The zero-order valence-corrected chi connectivity index (χ0v) is 13.4. The molecule has 0 radical (unpaired) electrons. The average molecular weight is 325 g/mol. The van der Waals surface area contributed by atoms with Crippen LogP contribution in [0.4, 0.5) is 5.69 Å². The predicted molar refractivity (Wildman–Crippen MR) is 86.0 cm³/mol. The number of primary sulfonamides is 1. The molecular formula is C15H17ClN2O2S. The van der Waals surface area contributed by atoms with Crippen molar-refractivity contribution in [3.63, 3.8) is 0 Å². The Morgan fingerprint density at radius 1 is 1.19 bits per heavy atom. The molecule has 21 heavy (non-hydrogen) atoms. The van der Waals surface area contributed by atoms with Gasteiger partial charge in [0.25, 0.3) is 0 Å². The Labute approximate surface area is 130 Å². The summed E-state index contributed by atoms with van der Waals surface area (Å²) in [5, 5.41) is 9.12. The van der Waals surface area contributed by atoms with Gasteiger partial charge in [-0.3, -0.25) is 0 Å². The van der Waals surface area contributed by atoms with E-state index in [1.807, 2.05) is 37.3 Å². The molecule has 112 valence electrons. The third-order valence-electron chi connectivity index (χ3n) is 3.23. The summed E-state index contributed by atoms with van der Waals surface area (Å²) in [6, 6.07) is 12.6. The van der Waals surface area contributed by atoms with Gasteiger partial charge < -0.3 is 5.32 Å². The molecule has 2 aromatic carbocycles. The number of nitrogens with one attached hydrogen (secondary N) is 1. The van der Waals surface area contributed by atoms with Gasteiger partial charge in [-0.25, -0.2) is 13.6 Å². The van der Waals surface area contributed by atoms with Gasteiger partial charge in [0, 0.05) is 16.8 Å². The molecule has 0 aliphatic carbocycles. The van der Waals surface area contributed by atoms with Crippen LogP contribution in [0.3, 0.4) is 0 Å². The molecule has 4 nitrogen and oxygen atoms in total. The molecule has 6 heteroatoms. The van der Waals surface area contributed by atoms with E-state index in [1.54, 1.807) is 19.1 Å². The lowest BCUT2D eigenvalue weighted by molar-refractivity contribution is 0.597. The minimum absolute atomic E-state index is 0.0141. The van der Waals surface area contributed by atoms with Crippen LogP contribution in [0.5, 0.6) is 0 Å². The Hall–Kier alpha value is -1.56. The highest BCUT2D eigenvalue weighted by Crippen LogP contribution is 2.24. The molecule has 0 saturated carbocycles. The minimum Gasteiger partial charge on any atom is -0.378 e. The fourth-order valence-corrected chi connectivity index (χ4v) is 3.11. The molecule has 2 rings (SSSR count). The summed E-state index contributed by atoms with van der Waals surface area (Å²) in [5.41, 5.74) is 2.33. The lowest BCUT2D eigenvalue weighted by atomic mass is 10.1. The van der Waals surface area contributed by atoms with Crippen molar-refractivity contribution in [2.75, 3.05) is 5.32 Å². The maximum atomic E-state index is 11.5. The van der Waals surface area contributed by atoms with Gasteiger partial charge >= 0.3 is 0 Å². The molecule has 0 aliphatic heterocycles. The van der Waals surface area contributed by atoms with Crippen molar-refractivity contribution >= 4 is 27.3 Å². The summed E-state index contributed by atoms with van der Waals surface area (Å²) in [5.74, 6) is 0. The number of halogens is 1. The number of nitrogens with two attached hydrogens (primary N) is 1. The second-order valence-electron chi connectivity index (χ2n) is 4.95. The average Bonchev–Trinajstić information content (AvgIpc) is 2.39. The number of anilines is 1. The second-order valence-corrected chi connectivity index (χ2v) is 6.91. The maximum Gasteiger partial charge on any atom is 0.238 e. The Bertz CT molecular complexity index is 760. The van der Waals surface area contributed by atoms with Crippen LogP contribution >= 0.6 is 11.6 Å². The molecular weight excluding hydrogens is 308 g/mol.